The number of aryl methyl sites for hydroxylation is 1. The highest BCUT2D eigenvalue weighted by molar-refractivity contribution is 7.05. The monoisotopic (exact) mass is 272 g/mol. The summed E-state index contributed by atoms with van der Waals surface area (Å²) in [5.41, 5.74) is 1.27. The van der Waals surface area contributed by atoms with E-state index in [0.717, 1.165) is 11.5 Å². The van der Waals surface area contributed by atoms with E-state index in [0.29, 0.717) is 16.1 Å². The van der Waals surface area contributed by atoms with Gasteiger partial charge in [-0.15, -0.1) is 5.10 Å². The molecule has 6 heteroatoms. The van der Waals surface area contributed by atoms with Gasteiger partial charge < -0.3 is 5.11 Å². The van der Waals surface area contributed by atoms with E-state index in [2.05, 4.69) is 9.59 Å². The Morgan fingerprint density at radius 2 is 2.29 bits per heavy atom. The minimum Gasteiger partial charge on any atom is -0.387 e. The van der Waals surface area contributed by atoms with Gasteiger partial charge in [0.05, 0.1) is 21.7 Å². The molecule has 0 spiro atoms. The summed E-state index contributed by atoms with van der Waals surface area (Å²) in [6, 6.07) is 4.55. The Bertz CT molecular complexity index is 532. The van der Waals surface area contributed by atoms with Crippen molar-refractivity contribution in [3.05, 3.63) is 45.2 Å². The maximum Gasteiger partial charge on any atom is 0.142 e. The van der Waals surface area contributed by atoms with E-state index in [1.165, 1.54) is 6.07 Å². The molecule has 1 N–H and O–H groups in total. The zero-order chi connectivity index (χ0) is 12.4. The molecular formula is C11H10ClFN2OS. The van der Waals surface area contributed by atoms with Gasteiger partial charge in [0, 0.05) is 6.42 Å². The fourth-order valence-corrected chi connectivity index (χ4v) is 2.38. The minimum absolute atomic E-state index is 0.0571. The quantitative estimate of drug-likeness (QED) is 0.934. The largest absolute Gasteiger partial charge is 0.387 e. The van der Waals surface area contributed by atoms with Gasteiger partial charge >= 0.3 is 0 Å². The smallest absolute Gasteiger partial charge is 0.142 e. The molecular weight excluding hydrogens is 263 g/mol. The summed E-state index contributed by atoms with van der Waals surface area (Å²) in [5, 5.41) is 13.9. The molecule has 0 saturated heterocycles. The first-order chi connectivity index (χ1) is 8.09. The fourth-order valence-electron chi connectivity index (χ4n) is 1.55. The van der Waals surface area contributed by atoms with Gasteiger partial charge in [-0.2, -0.15) is 0 Å². The molecule has 1 atom stereocenters. The maximum absolute atomic E-state index is 13.2. The number of aliphatic hydroxyl groups excluding tert-OH is 1. The number of aliphatic hydroxyl groups is 1. The summed E-state index contributed by atoms with van der Waals surface area (Å²) in [5.74, 6) is -0.476. The second kappa shape index (κ2) is 5.08. The molecule has 0 aliphatic rings. The van der Waals surface area contributed by atoms with Gasteiger partial charge in [-0.25, -0.2) is 4.39 Å². The topological polar surface area (TPSA) is 46.0 Å². The number of nitrogens with zero attached hydrogens (tertiary/aromatic N) is 2. The molecule has 0 saturated carbocycles. The molecule has 0 radical (unpaired) electrons. The van der Waals surface area contributed by atoms with Gasteiger partial charge in [-0.05, 0) is 30.1 Å². The Morgan fingerprint density at radius 3 is 2.94 bits per heavy atom. The summed E-state index contributed by atoms with van der Waals surface area (Å²) < 4.78 is 17.0. The van der Waals surface area contributed by atoms with E-state index >= 15 is 0 Å². The zero-order valence-electron chi connectivity index (χ0n) is 9.02. The molecule has 1 aromatic carbocycles. The van der Waals surface area contributed by atoms with Crippen molar-refractivity contribution in [3.63, 3.8) is 0 Å². The molecule has 2 rings (SSSR count). The lowest BCUT2D eigenvalue weighted by Gasteiger charge is -2.10. The molecule has 90 valence electrons. The number of aromatic nitrogens is 2. The Balaban J connectivity index is 2.22. The summed E-state index contributed by atoms with van der Waals surface area (Å²) >= 11 is 6.96. The van der Waals surface area contributed by atoms with Gasteiger partial charge in [0.1, 0.15) is 5.82 Å². The van der Waals surface area contributed by atoms with Crippen molar-refractivity contribution >= 4 is 23.1 Å². The van der Waals surface area contributed by atoms with E-state index in [-0.39, 0.29) is 11.4 Å². The predicted octanol–water partition coefficient (Wildman–Crippen LogP) is 2.92. The second-order valence-electron chi connectivity index (χ2n) is 3.66. The third-order valence-electron chi connectivity index (χ3n) is 2.43. The van der Waals surface area contributed by atoms with Crippen LogP contribution in [0.3, 0.4) is 0 Å². The number of benzene rings is 1. The molecule has 1 aromatic heterocycles. The standard InChI is InChI=1S/C11H10ClFN2OS/c1-6-11(17-15-14-6)9(16)5-7-3-2-4-8(13)10(7)12/h2-4,9,16H,5H2,1H3. The average Bonchev–Trinajstić information content (AvgIpc) is 2.71. The highest BCUT2D eigenvalue weighted by atomic mass is 35.5. The predicted molar refractivity (Wildman–Crippen MR) is 64.7 cm³/mol. The molecule has 1 unspecified atom stereocenters. The van der Waals surface area contributed by atoms with Crippen LogP contribution in [-0.4, -0.2) is 14.7 Å². The van der Waals surface area contributed by atoms with Crippen LogP contribution in [0.25, 0.3) is 0 Å². The van der Waals surface area contributed by atoms with Crippen molar-refractivity contribution in [3.8, 4) is 0 Å². The first kappa shape index (κ1) is 12.4. The maximum atomic E-state index is 13.2. The van der Waals surface area contributed by atoms with Crippen LogP contribution < -0.4 is 0 Å². The molecule has 0 aliphatic carbocycles. The molecule has 17 heavy (non-hydrogen) atoms. The normalized spacial score (nSPS) is 12.7. The lowest BCUT2D eigenvalue weighted by Crippen LogP contribution is -2.02. The molecule has 0 fully saturated rings. The highest BCUT2D eigenvalue weighted by Gasteiger charge is 2.17. The second-order valence-corrected chi connectivity index (χ2v) is 4.82. The van der Waals surface area contributed by atoms with E-state index in [1.54, 1.807) is 19.1 Å². The zero-order valence-corrected chi connectivity index (χ0v) is 10.6. The minimum atomic E-state index is -0.755. The molecule has 0 bridgehead atoms. The molecule has 0 aliphatic heterocycles. The van der Waals surface area contributed by atoms with Crippen molar-refractivity contribution in [2.45, 2.75) is 19.4 Å². The van der Waals surface area contributed by atoms with E-state index in [9.17, 15) is 9.50 Å². The number of hydrogen-bond acceptors (Lipinski definition) is 4. The Labute approximate surface area is 107 Å². The average molecular weight is 273 g/mol. The summed E-state index contributed by atoms with van der Waals surface area (Å²) in [4.78, 5) is 0.685. The Kier molecular flexibility index (Phi) is 3.71. The van der Waals surface area contributed by atoms with Gasteiger partial charge in [0.25, 0.3) is 0 Å². The number of rotatable bonds is 3. The van der Waals surface area contributed by atoms with Crippen molar-refractivity contribution in [2.75, 3.05) is 0 Å². The van der Waals surface area contributed by atoms with Gasteiger partial charge in [0.2, 0.25) is 0 Å². The van der Waals surface area contributed by atoms with Crippen LogP contribution in [-0.2, 0) is 6.42 Å². The Morgan fingerprint density at radius 1 is 1.53 bits per heavy atom. The van der Waals surface area contributed by atoms with Crippen LogP contribution in [0, 0.1) is 12.7 Å². The molecule has 3 nitrogen and oxygen atoms in total. The third kappa shape index (κ3) is 2.62. The van der Waals surface area contributed by atoms with Crippen LogP contribution in [0.4, 0.5) is 4.39 Å². The van der Waals surface area contributed by atoms with Crippen LogP contribution in [0.2, 0.25) is 5.02 Å². The van der Waals surface area contributed by atoms with E-state index in [1.807, 2.05) is 0 Å². The van der Waals surface area contributed by atoms with Crippen LogP contribution in [0.15, 0.2) is 18.2 Å². The van der Waals surface area contributed by atoms with Crippen LogP contribution >= 0.6 is 23.1 Å². The SMILES string of the molecule is Cc1nnsc1C(O)Cc1cccc(F)c1Cl. The van der Waals surface area contributed by atoms with E-state index in [4.69, 9.17) is 11.6 Å². The lowest BCUT2D eigenvalue weighted by atomic mass is 10.1. The first-order valence-corrected chi connectivity index (χ1v) is 6.14. The van der Waals surface area contributed by atoms with Crippen molar-refractivity contribution < 1.29 is 9.50 Å². The highest BCUT2D eigenvalue weighted by Crippen LogP contribution is 2.27. The van der Waals surface area contributed by atoms with Gasteiger partial charge in [-0.3, -0.25) is 0 Å². The summed E-state index contributed by atoms with van der Waals surface area (Å²) in [6.07, 6.45) is -0.504. The number of hydrogen-bond donors (Lipinski definition) is 1. The molecule has 1 heterocycles. The van der Waals surface area contributed by atoms with Crippen molar-refractivity contribution in [1.82, 2.24) is 9.59 Å². The van der Waals surface area contributed by atoms with Crippen LogP contribution in [0.1, 0.15) is 22.2 Å². The summed E-state index contributed by atoms with van der Waals surface area (Å²) in [6.45, 7) is 1.77. The molecule has 2 aromatic rings. The lowest BCUT2D eigenvalue weighted by molar-refractivity contribution is 0.181. The van der Waals surface area contributed by atoms with Crippen molar-refractivity contribution in [1.29, 1.82) is 0 Å². The van der Waals surface area contributed by atoms with Crippen molar-refractivity contribution in [2.24, 2.45) is 0 Å². The number of halogens is 2. The fraction of sp³-hybridized carbons (Fsp3) is 0.273. The van der Waals surface area contributed by atoms with Crippen LogP contribution in [0.5, 0.6) is 0 Å². The Hall–Kier alpha value is -1.04. The first-order valence-electron chi connectivity index (χ1n) is 4.99. The van der Waals surface area contributed by atoms with Gasteiger partial charge in [-0.1, -0.05) is 28.2 Å². The third-order valence-corrected chi connectivity index (χ3v) is 3.78. The van der Waals surface area contributed by atoms with Gasteiger partial charge in [0.15, 0.2) is 0 Å². The summed E-state index contributed by atoms with van der Waals surface area (Å²) in [7, 11) is 0. The van der Waals surface area contributed by atoms with E-state index < -0.39 is 11.9 Å². The molecule has 0 amide bonds.